The number of carbonyl (C=O) groups excluding carboxylic acids is 2. The third kappa shape index (κ3) is 5.83. The number of piperazine rings is 1. The molecular formula is C23H25N5O4S. The Morgan fingerprint density at radius 3 is 2.36 bits per heavy atom. The molecule has 1 aromatic heterocycles. The quantitative estimate of drug-likeness (QED) is 0.529. The van der Waals surface area contributed by atoms with E-state index in [9.17, 15) is 9.59 Å². The highest BCUT2D eigenvalue weighted by atomic mass is 32.2. The molecule has 172 valence electrons. The van der Waals surface area contributed by atoms with Crippen LogP contribution in [0.1, 0.15) is 6.92 Å². The molecule has 4 rings (SSSR count). The molecule has 1 aliphatic heterocycles. The van der Waals surface area contributed by atoms with Crippen LogP contribution in [-0.2, 0) is 9.59 Å². The average molecular weight is 468 g/mol. The second-order valence-corrected chi connectivity index (χ2v) is 8.41. The lowest BCUT2D eigenvalue weighted by Crippen LogP contribution is -2.48. The van der Waals surface area contributed by atoms with Crippen LogP contribution in [0, 0.1) is 0 Å². The zero-order chi connectivity index (χ0) is 23.2. The van der Waals surface area contributed by atoms with E-state index in [2.05, 4.69) is 20.4 Å². The average Bonchev–Trinajstić information content (AvgIpc) is 3.32. The number of anilines is 2. The first-order valence-electron chi connectivity index (χ1n) is 10.5. The van der Waals surface area contributed by atoms with Crippen molar-refractivity contribution in [3.05, 3.63) is 48.5 Å². The van der Waals surface area contributed by atoms with Crippen molar-refractivity contribution in [2.45, 2.75) is 12.1 Å². The molecule has 0 atom stereocenters. The molecule has 0 aliphatic carbocycles. The van der Waals surface area contributed by atoms with Gasteiger partial charge in [0.25, 0.3) is 5.22 Å². The minimum Gasteiger partial charge on any atom is -0.497 e. The van der Waals surface area contributed by atoms with E-state index >= 15 is 0 Å². The first-order valence-corrected chi connectivity index (χ1v) is 11.5. The van der Waals surface area contributed by atoms with Crippen LogP contribution in [0.25, 0.3) is 11.5 Å². The summed E-state index contributed by atoms with van der Waals surface area (Å²) in [6.07, 6.45) is 0. The summed E-state index contributed by atoms with van der Waals surface area (Å²) in [6.45, 7) is 4.64. The minimum absolute atomic E-state index is 0.114. The number of amides is 2. The Labute approximate surface area is 196 Å². The zero-order valence-corrected chi connectivity index (χ0v) is 19.3. The molecule has 33 heavy (non-hydrogen) atoms. The van der Waals surface area contributed by atoms with Crippen molar-refractivity contribution >= 4 is 35.0 Å². The lowest BCUT2D eigenvalue weighted by atomic mass is 10.2. The summed E-state index contributed by atoms with van der Waals surface area (Å²) >= 11 is 1.18. The number of aromatic nitrogens is 2. The Bertz CT molecular complexity index is 1090. The molecule has 9 nitrogen and oxygen atoms in total. The Morgan fingerprint density at radius 2 is 1.73 bits per heavy atom. The maximum absolute atomic E-state index is 12.3. The van der Waals surface area contributed by atoms with Gasteiger partial charge in [0.15, 0.2) is 0 Å². The van der Waals surface area contributed by atoms with Crippen LogP contribution in [0.4, 0.5) is 11.4 Å². The summed E-state index contributed by atoms with van der Waals surface area (Å²) in [6, 6.07) is 15.0. The van der Waals surface area contributed by atoms with Gasteiger partial charge >= 0.3 is 0 Å². The molecule has 0 saturated carbocycles. The SMILES string of the molecule is COc1ccc(-c2nnc(SCC(=O)Nc3ccc(N4CCN(C(C)=O)CC4)cc3)o2)cc1. The van der Waals surface area contributed by atoms with E-state index in [1.807, 2.05) is 53.4 Å². The maximum Gasteiger partial charge on any atom is 0.277 e. The fourth-order valence-corrected chi connectivity index (χ4v) is 4.04. The Kier molecular flexibility index (Phi) is 7.13. The molecule has 1 N–H and O–H groups in total. The highest BCUT2D eigenvalue weighted by Crippen LogP contribution is 2.25. The number of thioether (sulfide) groups is 1. The van der Waals surface area contributed by atoms with Crippen LogP contribution in [0.5, 0.6) is 5.75 Å². The van der Waals surface area contributed by atoms with Crippen LogP contribution >= 0.6 is 11.8 Å². The Morgan fingerprint density at radius 1 is 1.03 bits per heavy atom. The topological polar surface area (TPSA) is 101 Å². The first-order chi connectivity index (χ1) is 16.0. The van der Waals surface area contributed by atoms with Crippen molar-refractivity contribution in [3.63, 3.8) is 0 Å². The van der Waals surface area contributed by atoms with Gasteiger partial charge in [-0.15, -0.1) is 10.2 Å². The summed E-state index contributed by atoms with van der Waals surface area (Å²) < 4.78 is 10.8. The molecule has 0 unspecified atom stereocenters. The van der Waals surface area contributed by atoms with Crippen LogP contribution < -0.4 is 15.0 Å². The number of hydrogen-bond donors (Lipinski definition) is 1. The molecule has 0 radical (unpaired) electrons. The second kappa shape index (κ2) is 10.4. The smallest absolute Gasteiger partial charge is 0.277 e. The van der Waals surface area contributed by atoms with Gasteiger partial charge < -0.3 is 24.3 Å². The number of nitrogens with zero attached hydrogens (tertiary/aromatic N) is 4. The van der Waals surface area contributed by atoms with Crippen molar-refractivity contribution in [2.24, 2.45) is 0 Å². The van der Waals surface area contributed by atoms with Crippen LogP contribution in [0.2, 0.25) is 0 Å². The van der Waals surface area contributed by atoms with E-state index < -0.39 is 0 Å². The highest BCUT2D eigenvalue weighted by Gasteiger charge is 2.19. The molecular weight excluding hydrogens is 442 g/mol. The van der Waals surface area contributed by atoms with Gasteiger partial charge in [-0.3, -0.25) is 9.59 Å². The number of rotatable bonds is 7. The lowest BCUT2D eigenvalue weighted by Gasteiger charge is -2.35. The summed E-state index contributed by atoms with van der Waals surface area (Å²) in [5, 5.41) is 11.2. The highest BCUT2D eigenvalue weighted by molar-refractivity contribution is 7.99. The minimum atomic E-state index is -0.160. The van der Waals surface area contributed by atoms with Crippen LogP contribution in [0.15, 0.2) is 58.2 Å². The molecule has 10 heteroatoms. The summed E-state index contributed by atoms with van der Waals surface area (Å²) in [4.78, 5) is 27.9. The molecule has 1 aliphatic rings. The fraction of sp³-hybridized carbons (Fsp3) is 0.304. The number of carbonyl (C=O) groups is 2. The summed E-state index contributed by atoms with van der Waals surface area (Å²) in [5.74, 6) is 1.24. The standard InChI is InChI=1S/C23H25N5O4S/c1-16(29)27-11-13-28(14-12-27)19-7-5-18(6-8-19)24-21(30)15-33-23-26-25-22(32-23)17-3-9-20(31-2)10-4-17/h3-10H,11-15H2,1-2H3,(H,24,30). The Balaban J connectivity index is 1.25. The van der Waals surface area contributed by atoms with Crippen molar-refractivity contribution in [1.82, 2.24) is 15.1 Å². The van der Waals surface area contributed by atoms with E-state index in [4.69, 9.17) is 9.15 Å². The van der Waals surface area contributed by atoms with Gasteiger partial charge in [0, 0.05) is 50.0 Å². The number of nitrogens with one attached hydrogen (secondary N) is 1. The molecule has 1 saturated heterocycles. The van der Waals surface area contributed by atoms with Crippen LogP contribution in [-0.4, -0.2) is 66.0 Å². The van der Waals surface area contributed by atoms with E-state index in [-0.39, 0.29) is 17.6 Å². The maximum atomic E-state index is 12.3. The van der Waals surface area contributed by atoms with Gasteiger partial charge in [-0.05, 0) is 48.5 Å². The van der Waals surface area contributed by atoms with Crippen molar-refractivity contribution in [2.75, 3.05) is 49.3 Å². The summed E-state index contributed by atoms with van der Waals surface area (Å²) in [5.41, 5.74) is 2.57. The van der Waals surface area contributed by atoms with Gasteiger partial charge in [0.2, 0.25) is 17.7 Å². The number of benzene rings is 2. The van der Waals surface area contributed by atoms with Gasteiger partial charge in [-0.1, -0.05) is 11.8 Å². The van der Waals surface area contributed by atoms with Crippen molar-refractivity contribution in [1.29, 1.82) is 0 Å². The van der Waals surface area contributed by atoms with E-state index in [0.717, 1.165) is 48.9 Å². The van der Waals surface area contributed by atoms with Crippen LogP contribution in [0.3, 0.4) is 0 Å². The number of methoxy groups -OCH3 is 1. The molecule has 2 heterocycles. The van der Waals surface area contributed by atoms with Gasteiger partial charge in [0.05, 0.1) is 12.9 Å². The summed E-state index contributed by atoms with van der Waals surface area (Å²) in [7, 11) is 1.61. The fourth-order valence-electron chi connectivity index (χ4n) is 3.48. The predicted molar refractivity (Wildman–Crippen MR) is 127 cm³/mol. The third-order valence-electron chi connectivity index (χ3n) is 5.31. The lowest BCUT2D eigenvalue weighted by molar-refractivity contribution is -0.129. The van der Waals surface area contributed by atoms with Gasteiger partial charge in [-0.2, -0.15) is 0 Å². The van der Waals surface area contributed by atoms with Gasteiger partial charge in [-0.25, -0.2) is 0 Å². The Hall–Kier alpha value is -3.53. The molecule has 2 amide bonds. The normalized spacial score (nSPS) is 13.6. The largest absolute Gasteiger partial charge is 0.497 e. The molecule has 0 bridgehead atoms. The zero-order valence-electron chi connectivity index (χ0n) is 18.5. The third-order valence-corrected chi connectivity index (χ3v) is 6.13. The predicted octanol–water partition coefficient (Wildman–Crippen LogP) is 3.14. The van der Waals surface area contributed by atoms with Crippen molar-refractivity contribution < 1.29 is 18.7 Å². The van der Waals surface area contributed by atoms with E-state index in [1.165, 1.54) is 11.8 Å². The second-order valence-electron chi connectivity index (χ2n) is 7.48. The van der Waals surface area contributed by atoms with E-state index in [0.29, 0.717) is 11.1 Å². The number of ether oxygens (including phenoxy) is 1. The molecule has 2 aromatic carbocycles. The molecule has 3 aromatic rings. The number of hydrogen-bond acceptors (Lipinski definition) is 8. The monoisotopic (exact) mass is 467 g/mol. The van der Waals surface area contributed by atoms with E-state index in [1.54, 1.807) is 14.0 Å². The first kappa shape index (κ1) is 22.7. The molecule has 1 fully saturated rings. The van der Waals surface area contributed by atoms with Crippen molar-refractivity contribution in [3.8, 4) is 17.2 Å². The van der Waals surface area contributed by atoms with Gasteiger partial charge in [0.1, 0.15) is 5.75 Å². The molecule has 0 spiro atoms.